The third kappa shape index (κ3) is 2.54. The van der Waals surface area contributed by atoms with E-state index >= 15 is 0 Å². The number of carbonyl (C=O) groups is 2. The van der Waals surface area contributed by atoms with Crippen molar-refractivity contribution < 1.29 is 9.59 Å². The lowest BCUT2D eigenvalue weighted by molar-refractivity contribution is -0.122. The first-order valence-electron chi connectivity index (χ1n) is 6.03. The van der Waals surface area contributed by atoms with Crippen LogP contribution in [0.1, 0.15) is 21.5 Å². The fourth-order valence-corrected chi connectivity index (χ4v) is 2.93. The zero-order valence-electron chi connectivity index (χ0n) is 10.3. The van der Waals surface area contributed by atoms with E-state index in [1.807, 2.05) is 12.1 Å². The number of hydrogen-bond acceptors (Lipinski definition) is 4. The smallest absolute Gasteiger partial charge is 0.264 e. The lowest BCUT2D eigenvalue weighted by atomic mass is 10.1. The van der Waals surface area contributed by atoms with Crippen LogP contribution in [0.4, 0.5) is 0 Å². The van der Waals surface area contributed by atoms with Crippen LogP contribution >= 0.6 is 11.3 Å². The van der Waals surface area contributed by atoms with E-state index in [0.717, 1.165) is 6.42 Å². The van der Waals surface area contributed by atoms with E-state index in [9.17, 15) is 9.59 Å². The molecule has 1 aliphatic heterocycles. The van der Waals surface area contributed by atoms with Gasteiger partial charge in [0.1, 0.15) is 6.04 Å². The quantitative estimate of drug-likeness (QED) is 0.822. The first kappa shape index (κ1) is 13.0. The first-order chi connectivity index (χ1) is 8.63. The third-order valence-electron chi connectivity index (χ3n) is 3.05. The Morgan fingerprint density at radius 3 is 2.94 bits per heavy atom. The topological polar surface area (TPSA) is 75.4 Å². The Bertz CT molecular complexity index is 458. The van der Waals surface area contributed by atoms with Crippen molar-refractivity contribution in [1.29, 1.82) is 0 Å². The Kier molecular flexibility index (Phi) is 3.98. The van der Waals surface area contributed by atoms with E-state index in [4.69, 9.17) is 5.73 Å². The van der Waals surface area contributed by atoms with Crippen molar-refractivity contribution in [2.24, 2.45) is 5.73 Å². The second-order valence-electron chi connectivity index (χ2n) is 4.24. The molecule has 3 N–H and O–H groups in total. The van der Waals surface area contributed by atoms with Crippen molar-refractivity contribution in [3.8, 4) is 0 Å². The lowest BCUT2D eigenvalue weighted by Crippen LogP contribution is -2.58. The summed E-state index contributed by atoms with van der Waals surface area (Å²) >= 11 is 1.48. The molecule has 0 aromatic carbocycles. The Balaban J connectivity index is 2.17. The van der Waals surface area contributed by atoms with Crippen molar-refractivity contribution >= 4 is 23.2 Å². The van der Waals surface area contributed by atoms with Gasteiger partial charge in [0, 0.05) is 24.5 Å². The van der Waals surface area contributed by atoms with Crippen LogP contribution in [0.3, 0.4) is 0 Å². The van der Waals surface area contributed by atoms with Crippen LogP contribution in [0.25, 0.3) is 0 Å². The van der Waals surface area contributed by atoms with Gasteiger partial charge >= 0.3 is 0 Å². The molecule has 98 valence electrons. The molecule has 0 bridgehead atoms. The normalized spacial score (nSPS) is 19.8. The number of amides is 2. The highest BCUT2D eigenvalue weighted by atomic mass is 32.1. The van der Waals surface area contributed by atoms with Gasteiger partial charge < -0.3 is 16.0 Å². The highest BCUT2D eigenvalue weighted by Crippen LogP contribution is 2.20. The molecular weight excluding hydrogens is 250 g/mol. The van der Waals surface area contributed by atoms with Crippen LogP contribution in [0.5, 0.6) is 0 Å². The third-order valence-corrected chi connectivity index (χ3v) is 4.27. The van der Waals surface area contributed by atoms with Gasteiger partial charge in [0.25, 0.3) is 5.91 Å². The number of nitrogens with one attached hydrogen (secondary N) is 1. The molecule has 1 unspecified atom stereocenters. The maximum absolute atomic E-state index is 12.3. The molecule has 1 saturated heterocycles. The summed E-state index contributed by atoms with van der Waals surface area (Å²) in [6.07, 6.45) is 0.915. The molecule has 0 saturated carbocycles. The number of piperazine rings is 1. The number of thiophene rings is 1. The van der Waals surface area contributed by atoms with Crippen LogP contribution in [-0.4, -0.2) is 42.4 Å². The van der Waals surface area contributed by atoms with E-state index < -0.39 is 11.9 Å². The van der Waals surface area contributed by atoms with Crippen molar-refractivity contribution in [2.45, 2.75) is 19.4 Å². The molecule has 1 fully saturated rings. The van der Waals surface area contributed by atoms with Gasteiger partial charge in [0.2, 0.25) is 5.91 Å². The summed E-state index contributed by atoms with van der Waals surface area (Å²) in [7, 11) is 0. The van der Waals surface area contributed by atoms with E-state index in [1.54, 1.807) is 4.90 Å². The molecule has 0 spiro atoms. The van der Waals surface area contributed by atoms with Crippen LogP contribution in [0.15, 0.2) is 12.1 Å². The molecule has 18 heavy (non-hydrogen) atoms. The van der Waals surface area contributed by atoms with Gasteiger partial charge in [-0.2, -0.15) is 0 Å². The minimum absolute atomic E-state index is 0.0926. The Hall–Kier alpha value is -1.40. The average molecular weight is 267 g/mol. The number of hydrogen-bond donors (Lipinski definition) is 2. The summed E-state index contributed by atoms with van der Waals surface area (Å²) in [6.45, 7) is 3.71. The average Bonchev–Trinajstić information content (AvgIpc) is 2.86. The van der Waals surface area contributed by atoms with Crippen molar-refractivity contribution in [3.05, 3.63) is 21.9 Å². The summed E-state index contributed by atoms with van der Waals surface area (Å²) < 4.78 is 0. The van der Waals surface area contributed by atoms with Crippen molar-refractivity contribution in [2.75, 3.05) is 19.6 Å². The SMILES string of the molecule is CCc1ccc(C(=O)N2CCNCC2C(N)=O)s1. The van der Waals surface area contributed by atoms with Crippen molar-refractivity contribution in [1.82, 2.24) is 10.2 Å². The fourth-order valence-electron chi connectivity index (χ4n) is 2.03. The van der Waals surface area contributed by atoms with Crippen LogP contribution in [0, 0.1) is 0 Å². The maximum atomic E-state index is 12.3. The summed E-state index contributed by atoms with van der Waals surface area (Å²) in [4.78, 5) is 27.1. The van der Waals surface area contributed by atoms with Gasteiger partial charge in [-0.1, -0.05) is 6.92 Å². The van der Waals surface area contributed by atoms with Gasteiger partial charge in [0.05, 0.1) is 4.88 Å². The minimum Gasteiger partial charge on any atom is -0.368 e. The van der Waals surface area contributed by atoms with E-state index in [0.29, 0.717) is 24.5 Å². The zero-order valence-corrected chi connectivity index (χ0v) is 11.1. The molecule has 1 aliphatic rings. The highest BCUT2D eigenvalue weighted by molar-refractivity contribution is 7.14. The monoisotopic (exact) mass is 267 g/mol. The molecule has 5 nitrogen and oxygen atoms in total. The van der Waals surface area contributed by atoms with E-state index in [2.05, 4.69) is 12.2 Å². The predicted molar refractivity (Wildman–Crippen MR) is 70.6 cm³/mol. The summed E-state index contributed by atoms with van der Waals surface area (Å²) in [5.41, 5.74) is 5.34. The molecule has 6 heteroatoms. The van der Waals surface area contributed by atoms with Gasteiger partial charge in [-0.25, -0.2) is 0 Å². The standard InChI is InChI=1S/C12H17N3O2S/c1-2-8-3-4-10(18-8)12(17)15-6-5-14-7-9(15)11(13)16/h3-4,9,14H,2,5-7H2,1H3,(H2,13,16). The fraction of sp³-hybridized carbons (Fsp3) is 0.500. The number of nitrogens with two attached hydrogens (primary N) is 1. The summed E-state index contributed by atoms with van der Waals surface area (Å²) in [5, 5.41) is 3.08. The predicted octanol–water partition coefficient (Wildman–Crippen LogP) is 0.210. The maximum Gasteiger partial charge on any atom is 0.264 e. The van der Waals surface area contributed by atoms with E-state index in [-0.39, 0.29) is 5.91 Å². The first-order valence-corrected chi connectivity index (χ1v) is 6.85. The van der Waals surface area contributed by atoms with Gasteiger partial charge in [-0.05, 0) is 18.6 Å². The molecule has 2 heterocycles. The second-order valence-corrected chi connectivity index (χ2v) is 5.41. The summed E-state index contributed by atoms with van der Waals surface area (Å²) in [6, 6.07) is 3.24. The van der Waals surface area contributed by atoms with Crippen LogP contribution in [0.2, 0.25) is 0 Å². The molecule has 1 aromatic rings. The Morgan fingerprint density at radius 1 is 1.56 bits per heavy atom. The molecular formula is C12H17N3O2S. The molecule has 1 aromatic heterocycles. The molecule has 2 rings (SSSR count). The van der Waals surface area contributed by atoms with E-state index in [1.165, 1.54) is 16.2 Å². The zero-order chi connectivity index (χ0) is 13.1. The molecule has 2 amide bonds. The van der Waals surface area contributed by atoms with Crippen LogP contribution < -0.4 is 11.1 Å². The van der Waals surface area contributed by atoms with Crippen LogP contribution in [-0.2, 0) is 11.2 Å². The highest BCUT2D eigenvalue weighted by Gasteiger charge is 2.31. The number of aryl methyl sites for hydroxylation is 1. The minimum atomic E-state index is -0.543. The number of rotatable bonds is 3. The Labute approximate surface area is 110 Å². The second kappa shape index (κ2) is 5.49. The number of primary amides is 1. The van der Waals surface area contributed by atoms with Gasteiger partial charge in [-0.15, -0.1) is 11.3 Å². The molecule has 1 atom stereocenters. The molecule has 0 radical (unpaired) electrons. The van der Waals surface area contributed by atoms with Crippen molar-refractivity contribution in [3.63, 3.8) is 0 Å². The Morgan fingerprint density at radius 2 is 2.33 bits per heavy atom. The lowest BCUT2D eigenvalue weighted by Gasteiger charge is -2.33. The molecule has 0 aliphatic carbocycles. The summed E-state index contributed by atoms with van der Waals surface area (Å²) in [5.74, 6) is -0.548. The van der Waals surface area contributed by atoms with Gasteiger partial charge in [-0.3, -0.25) is 9.59 Å². The largest absolute Gasteiger partial charge is 0.368 e. The van der Waals surface area contributed by atoms with Gasteiger partial charge in [0.15, 0.2) is 0 Å². The number of nitrogens with zero attached hydrogens (tertiary/aromatic N) is 1. The number of carbonyl (C=O) groups excluding carboxylic acids is 2.